The Hall–Kier alpha value is -2.81. The zero-order valence-corrected chi connectivity index (χ0v) is 17.4. The number of halogens is 1. The van der Waals surface area contributed by atoms with Gasteiger partial charge in [-0.25, -0.2) is 16.8 Å². The average Bonchev–Trinajstić information content (AvgIpc) is 2.69. The first-order chi connectivity index (χ1) is 13.8. The molecule has 9 heteroatoms. The van der Waals surface area contributed by atoms with Crippen LogP contribution in [0.1, 0.15) is 5.56 Å². The molecule has 29 heavy (non-hydrogen) atoms. The fraction of sp³-hybridized carbons (Fsp3) is 0. The minimum Gasteiger partial charge on any atom is -0.280 e. The minimum absolute atomic E-state index is 0.107. The first kappa shape index (κ1) is 20.9. The molecule has 3 aromatic carbocycles. The maximum absolute atomic E-state index is 12.6. The second kappa shape index (κ2) is 8.69. The van der Waals surface area contributed by atoms with E-state index in [1.54, 1.807) is 42.5 Å². The number of rotatable bonds is 7. The van der Waals surface area contributed by atoms with Crippen molar-refractivity contribution >= 4 is 49.1 Å². The van der Waals surface area contributed by atoms with Crippen LogP contribution in [-0.4, -0.2) is 16.8 Å². The van der Waals surface area contributed by atoms with Crippen molar-refractivity contribution in [2.24, 2.45) is 0 Å². The predicted octanol–water partition coefficient (Wildman–Crippen LogP) is 4.55. The summed E-state index contributed by atoms with van der Waals surface area (Å²) >= 11 is 6.00. The normalized spacial score (nSPS) is 12.0. The standard InChI is InChI=1S/C20H17ClN2O4S2/c21-19-11-4-5-12-20(19)23-29(26,27)18-10-6-9-17(15-18)22-28(24,25)14-13-16-7-2-1-3-8-16/h1-15,22-23H/b14-13+. The second-order valence-electron chi connectivity index (χ2n) is 5.97. The van der Waals surface area contributed by atoms with E-state index < -0.39 is 20.0 Å². The molecule has 0 saturated heterocycles. The zero-order chi connectivity index (χ0) is 20.9. The molecule has 150 valence electrons. The highest BCUT2D eigenvalue weighted by Gasteiger charge is 2.17. The van der Waals surface area contributed by atoms with Crippen molar-refractivity contribution < 1.29 is 16.8 Å². The molecule has 3 aromatic rings. The smallest absolute Gasteiger partial charge is 0.262 e. The van der Waals surface area contributed by atoms with Crippen LogP contribution in [0.15, 0.2) is 89.2 Å². The molecule has 6 nitrogen and oxygen atoms in total. The molecule has 3 rings (SSSR count). The molecule has 0 aliphatic carbocycles. The number of nitrogens with one attached hydrogen (secondary N) is 2. The molecule has 0 atom stereocenters. The van der Waals surface area contributed by atoms with Crippen LogP contribution in [-0.2, 0) is 20.0 Å². The quantitative estimate of drug-likeness (QED) is 0.554. The lowest BCUT2D eigenvalue weighted by Crippen LogP contribution is -2.14. The van der Waals surface area contributed by atoms with Crippen molar-refractivity contribution in [3.63, 3.8) is 0 Å². The lowest BCUT2D eigenvalue weighted by Gasteiger charge is -2.11. The van der Waals surface area contributed by atoms with Crippen LogP contribution in [0.4, 0.5) is 11.4 Å². The maximum Gasteiger partial charge on any atom is 0.262 e. The maximum atomic E-state index is 12.6. The third-order valence-corrected chi connectivity index (χ3v) is 6.47. The molecule has 0 aromatic heterocycles. The number of hydrogen-bond donors (Lipinski definition) is 2. The fourth-order valence-corrected chi connectivity index (χ4v) is 4.63. The van der Waals surface area contributed by atoms with Crippen LogP contribution in [0, 0.1) is 0 Å². The van der Waals surface area contributed by atoms with Gasteiger partial charge in [0.1, 0.15) is 0 Å². The van der Waals surface area contributed by atoms with Crippen molar-refractivity contribution in [2.45, 2.75) is 4.90 Å². The first-order valence-electron chi connectivity index (χ1n) is 8.39. The Morgan fingerprint density at radius 1 is 0.759 bits per heavy atom. The van der Waals surface area contributed by atoms with Crippen LogP contribution < -0.4 is 9.44 Å². The summed E-state index contributed by atoms with van der Waals surface area (Å²) in [4.78, 5) is -0.107. The van der Waals surface area contributed by atoms with E-state index in [1.807, 2.05) is 6.07 Å². The summed E-state index contributed by atoms with van der Waals surface area (Å²) in [7, 11) is -7.78. The summed E-state index contributed by atoms with van der Waals surface area (Å²) in [5.41, 5.74) is 1.06. The molecule has 0 aliphatic heterocycles. The lowest BCUT2D eigenvalue weighted by atomic mass is 10.2. The molecule has 0 saturated carbocycles. The summed E-state index contributed by atoms with van der Waals surface area (Å²) in [5, 5.41) is 1.27. The Morgan fingerprint density at radius 2 is 1.45 bits per heavy atom. The molecule has 0 heterocycles. The summed E-state index contributed by atoms with van der Waals surface area (Å²) in [6.07, 6.45) is 1.45. The van der Waals surface area contributed by atoms with E-state index in [2.05, 4.69) is 9.44 Å². The van der Waals surface area contributed by atoms with Crippen LogP contribution in [0.5, 0.6) is 0 Å². The Kier molecular flexibility index (Phi) is 6.26. The van der Waals surface area contributed by atoms with E-state index in [9.17, 15) is 16.8 Å². The van der Waals surface area contributed by atoms with Crippen LogP contribution in [0.3, 0.4) is 0 Å². The number of para-hydroxylation sites is 1. The van der Waals surface area contributed by atoms with Crippen molar-refractivity contribution in [3.8, 4) is 0 Å². The van der Waals surface area contributed by atoms with Gasteiger partial charge < -0.3 is 0 Å². The molecule has 0 radical (unpaired) electrons. The van der Waals surface area contributed by atoms with Gasteiger partial charge in [-0.2, -0.15) is 0 Å². The van der Waals surface area contributed by atoms with Crippen molar-refractivity contribution in [3.05, 3.63) is 94.9 Å². The Bertz CT molecular complexity index is 1240. The molecule has 0 aliphatic rings. The van der Waals surface area contributed by atoms with Gasteiger partial charge >= 0.3 is 0 Å². The van der Waals surface area contributed by atoms with Gasteiger partial charge in [-0.1, -0.05) is 60.1 Å². The van der Waals surface area contributed by atoms with Gasteiger partial charge in [0.05, 0.1) is 26.7 Å². The van der Waals surface area contributed by atoms with E-state index in [1.165, 1.54) is 36.4 Å². The topological polar surface area (TPSA) is 92.3 Å². The van der Waals surface area contributed by atoms with Crippen molar-refractivity contribution in [2.75, 3.05) is 9.44 Å². The molecular weight excluding hydrogens is 432 g/mol. The van der Waals surface area contributed by atoms with E-state index >= 15 is 0 Å². The number of benzene rings is 3. The van der Waals surface area contributed by atoms with Crippen molar-refractivity contribution in [1.29, 1.82) is 0 Å². The van der Waals surface area contributed by atoms with E-state index in [0.717, 1.165) is 11.0 Å². The third kappa shape index (κ3) is 5.83. The molecule has 0 amide bonds. The average molecular weight is 449 g/mol. The van der Waals surface area contributed by atoms with E-state index in [-0.39, 0.29) is 21.3 Å². The highest BCUT2D eigenvalue weighted by atomic mass is 35.5. The molecule has 0 bridgehead atoms. The molecule has 0 spiro atoms. The summed E-state index contributed by atoms with van der Waals surface area (Å²) in [5.74, 6) is 0. The van der Waals surface area contributed by atoms with Gasteiger partial charge in [-0.15, -0.1) is 0 Å². The van der Waals surface area contributed by atoms with E-state index in [4.69, 9.17) is 11.6 Å². The number of anilines is 2. The minimum atomic E-state index is -3.96. The van der Waals surface area contributed by atoms with Crippen molar-refractivity contribution in [1.82, 2.24) is 0 Å². The highest BCUT2D eigenvalue weighted by molar-refractivity contribution is 7.95. The Morgan fingerprint density at radius 3 is 2.17 bits per heavy atom. The van der Waals surface area contributed by atoms with Gasteiger partial charge in [0.15, 0.2) is 0 Å². The van der Waals surface area contributed by atoms with Crippen LogP contribution >= 0.6 is 11.6 Å². The summed E-state index contributed by atoms with van der Waals surface area (Å²) < 4.78 is 54.6. The number of hydrogen-bond acceptors (Lipinski definition) is 4. The second-order valence-corrected chi connectivity index (χ2v) is 9.63. The zero-order valence-electron chi connectivity index (χ0n) is 15.0. The summed E-state index contributed by atoms with van der Waals surface area (Å²) in [6.45, 7) is 0. The van der Waals surface area contributed by atoms with Crippen LogP contribution in [0.25, 0.3) is 6.08 Å². The predicted molar refractivity (Wildman–Crippen MR) is 117 cm³/mol. The highest BCUT2D eigenvalue weighted by Crippen LogP contribution is 2.25. The van der Waals surface area contributed by atoms with Gasteiger partial charge in [-0.3, -0.25) is 9.44 Å². The van der Waals surface area contributed by atoms with Crippen LogP contribution in [0.2, 0.25) is 5.02 Å². The lowest BCUT2D eigenvalue weighted by molar-refractivity contribution is 0.600. The van der Waals surface area contributed by atoms with Gasteiger partial charge in [0.25, 0.3) is 20.0 Å². The van der Waals surface area contributed by atoms with Gasteiger partial charge in [-0.05, 0) is 42.0 Å². The third-order valence-electron chi connectivity index (χ3n) is 3.76. The molecule has 0 unspecified atom stereocenters. The van der Waals surface area contributed by atoms with Gasteiger partial charge in [0, 0.05) is 0 Å². The fourth-order valence-electron chi connectivity index (χ4n) is 2.40. The largest absolute Gasteiger partial charge is 0.280 e. The number of sulfonamides is 2. The SMILES string of the molecule is O=S(=O)(/C=C/c1ccccc1)Nc1cccc(S(=O)(=O)Nc2ccccc2Cl)c1. The molecule has 0 fully saturated rings. The first-order valence-corrected chi connectivity index (χ1v) is 11.8. The monoisotopic (exact) mass is 448 g/mol. The molecular formula is C20H17ClN2O4S2. The Labute approximate surface area is 175 Å². The summed E-state index contributed by atoms with van der Waals surface area (Å²) in [6, 6.07) is 20.8. The molecule has 2 N–H and O–H groups in total. The van der Waals surface area contributed by atoms with Gasteiger partial charge in [0.2, 0.25) is 0 Å². The Balaban J connectivity index is 1.80. The van der Waals surface area contributed by atoms with E-state index in [0.29, 0.717) is 0 Å².